The number of aryl methyl sites for hydroxylation is 1. The highest BCUT2D eigenvalue weighted by Crippen LogP contribution is 2.44. The number of likely N-dealkylation sites (tertiary alicyclic amines) is 1. The molecule has 5 nitrogen and oxygen atoms in total. The number of benzene rings is 2. The fourth-order valence-electron chi connectivity index (χ4n) is 4.29. The maximum absolute atomic E-state index is 14.2. The summed E-state index contributed by atoms with van der Waals surface area (Å²) in [5.74, 6) is 0.0878. The number of anilines is 1. The number of hydrogen-bond acceptors (Lipinski definition) is 3. The van der Waals surface area contributed by atoms with Crippen LogP contribution in [0.5, 0.6) is 0 Å². The van der Waals surface area contributed by atoms with Gasteiger partial charge in [-0.25, -0.2) is 9.18 Å². The number of carbonyl (C=O) groups excluding carboxylic acids is 2. The van der Waals surface area contributed by atoms with E-state index in [4.69, 9.17) is 0 Å². The number of thioether (sulfide) groups is 1. The number of amides is 3. The minimum absolute atomic E-state index is 0.110. The third-order valence-electron chi connectivity index (χ3n) is 6.00. The lowest BCUT2D eigenvalue weighted by atomic mass is 10.0. The highest BCUT2D eigenvalue weighted by molar-refractivity contribution is 8.00. The summed E-state index contributed by atoms with van der Waals surface area (Å²) in [5.41, 5.74) is 2.07. The minimum atomic E-state index is -0.485. The fourth-order valence-corrected chi connectivity index (χ4v) is 5.75. The lowest BCUT2D eigenvalue weighted by Crippen LogP contribution is -2.54. The van der Waals surface area contributed by atoms with Gasteiger partial charge in [0.15, 0.2) is 0 Å². The molecule has 2 aromatic carbocycles. The Morgan fingerprint density at radius 2 is 1.77 bits per heavy atom. The monoisotopic (exact) mass is 427 g/mol. The van der Waals surface area contributed by atoms with Gasteiger partial charge in [-0.1, -0.05) is 37.3 Å². The maximum Gasteiger partial charge on any atom is 0.321 e. The largest absolute Gasteiger partial charge is 0.324 e. The van der Waals surface area contributed by atoms with Gasteiger partial charge in [-0.15, -0.1) is 11.8 Å². The number of piperidine rings is 1. The SMILES string of the molecule is CCc1ccccc1NC(=O)N1CCC2(CC1)SCCN2C(=O)c1ccccc1F. The molecule has 7 heteroatoms. The first kappa shape index (κ1) is 20.7. The van der Waals surface area contributed by atoms with Crippen LogP contribution in [0.3, 0.4) is 0 Å². The lowest BCUT2D eigenvalue weighted by molar-refractivity contribution is 0.0581. The summed E-state index contributed by atoms with van der Waals surface area (Å²) in [6.45, 7) is 3.80. The minimum Gasteiger partial charge on any atom is -0.324 e. The van der Waals surface area contributed by atoms with E-state index in [0.717, 1.165) is 23.4 Å². The van der Waals surface area contributed by atoms with Crippen LogP contribution in [0, 0.1) is 5.82 Å². The zero-order valence-corrected chi connectivity index (χ0v) is 17.9. The van der Waals surface area contributed by atoms with Gasteiger partial charge >= 0.3 is 6.03 Å². The van der Waals surface area contributed by atoms with Crippen molar-refractivity contribution < 1.29 is 14.0 Å². The summed E-state index contributed by atoms with van der Waals surface area (Å²) in [5, 5.41) is 3.03. The van der Waals surface area contributed by atoms with Crippen LogP contribution < -0.4 is 5.32 Å². The van der Waals surface area contributed by atoms with Crippen molar-refractivity contribution in [1.29, 1.82) is 0 Å². The van der Waals surface area contributed by atoms with Crippen molar-refractivity contribution in [2.24, 2.45) is 0 Å². The van der Waals surface area contributed by atoms with Crippen LogP contribution in [-0.2, 0) is 6.42 Å². The van der Waals surface area contributed by atoms with Crippen LogP contribution in [0.15, 0.2) is 48.5 Å². The predicted molar refractivity (Wildman–Crippen MR) is 118 cm³/mol. The average Bonchev–Trinajstić information content (AvgIpc) is 3.17. The Morgan fingerprint density at radius 1 is 1.07 bits per heavy atom. The number of para-hydroxylation sites is 1. The number of halogens is 1. The van der Waals surface area contributed by atoms with Gasteiger partial charge in [0.25, 0.3) is 5.91 Å². The summed E-state index contributed by atoms with van der Waals surface area (Å²) >= 11 is 1.75. The molecule has 2 aliphatic heterocycles. The Hall–Kier alpha value is -2.54. The van der Waals surface area contributed by atoms with Gasteiger partial charge in [0.05, 0.1) is 10.4 Å². The highest BCUT2D eigenvalue weighted by atomic mass is 32.2. The third kappa shape index (κ3) is 3.90. The first-order chi connectivity index (χ1) is 14.5. The average molecular weight is 428 g/mol. The van der Waals surface area contributed by atoms with E-state index in [9.17, 15) is 14.0 Å². The molecule has 158 valence electrons. The van der Waals surface area contributed by atoms with E-state index in [2.05, 4.69) is 12.2 Å². The molecule has 0 unspecified atom stereocenters. The van der Waals surface area contributed by atoms with Crippen molar-refractivity contribution in [1.82, 2.24) is 9.80 Å². The van der Waals surface area contributed by atoms with Gasteiger partial charge in [0.2, 0.25) is 0 Å². The molecule has 2 aliphatic rings. The molecule has 1 spiro atoms. The Kier molecular flexibility index (Phi) is 5.99. The first-order valence-corrected chi connectivity index (χ1v) is 11.4. The first-order valence-electron chi connectivity index (χ1n) is 10.4. The number of nitrogens with one attached hydrogen (secondary N) is 1. The van der Waals surface area contributed by atoms with Crippen LogP contribution in [0.25, 0.3) is 0 Å². The summed E-state index contributed by atoms with van der Waals surface area (Å²) in [6, 6.07) is 13.9. The van der Waals surface area contributed by atoms with E-state index in [-0.39, 0.29) is 22.4 Å². The zero-order valence-electron chi connectivity index (χ0n) is 17.1. The number of hydrogen-bond donors (Lipinski definition) is 1. The van der Waals surface area contributed by atoms with Crippen LogP contribution in [0.4, 0.5) is 14.9 Å². The smallest absolute Gasteiger partial charge is 0.321 e. The molecule has 2 aromatic rings. The highest BCUT2D eigenvalue weighted by Gasteiger charge is 2.47. The van der Waals surface area contributed by atoms with E-state index in [1.54, 1.807) is 30.0 Å². The molecule has 0 atom stereocenters. The van der Waals surface area contributed by atoms with Crippen LogP contribution >= 0.6 is 11.8 Å². The summed E-state index contributed by atoms with van der Waals surface area (Å²) < 4.78 is 14.2. The summed E-state index contributed by atoms with van der Waals surface area (Å²) in [6.07, 6.45) is 2.21. The Balaban J connectivity index is 1.43. The van der Waals surface area contributed by atoms with E-state index in [1.165, 1.54) is 6.07 Å². The molecule has 3 amide bonds. The van der Waals surface area contributed by atoms with E-state index in [0.29, 0.717) is 32.5 Å². The predicted octanol–water partition coefficient (Wildman–Crippen LogP) is 4.60. The quantitative estimate of drug-likeness (QED) is 0.779. The molecule has 4 rings (SSSR count). The van der Waals surface area contributed by atoms with Crippen LogP contribution in [-0.4, -0.2) is 52.0 Å². The van der Waals surface area contributed by atoms with Crippen molar-refractivity contribution in [2.45, 2.75) is 31.1 Å². The summed E-state index contributed by atoms with van der Waals surface area (Å²) in [7, 11) is 0. The van der Waals surface area contributed by atoms with Gasteiger partial charge in [0, 0.05) is 31.1 Å². The molecule has 2 heterocycles. The van der Waals surface area contributed by atoms with E-state index >= 15 is 0 Å². The molecular weight excluding hydrogens is 401 g/mol. The molecule has 0 saturated carbocycles. The van der Waals surface area contributed by atoms with Gasteiger partial charge < -0.3 is 15.1 Å². The second-order valence-electron chi connectivity index (χ2n) is 7.66. The number of nitrogens with zero attached hydrogens (tertiary/aromatic N) is 2. The lowest BCUT2D eigenvalue weighted by Gasteiger charge is -2.44. The Morgan fingerprint density at radius 3 is 2.50 bits per heavy atom. The molecule has 0 radical (unpaired) electrons. The molecule has 0 bridgehead atoms. The molecule has 2 saturated heterocycles. The number of carbonyl (C=O) groups is 2. The standard InChI is InChI=1S/C23H26FN3O2S/c1-2-17-7-3-6-10-20(17)25-22(29)26-13-11-23(12-14-26)27(15-16-30-23)21(28)18-8-4-5-9-19(18)24/h3-10H,2,11-16H2,1H3,(H,25,29). The summed E-state index contributed by atoms with van der Waals surface area (Å²) in [4.78, 5) is 29.1. The molecule has 2 fully saturated rings. The van der Waals surface area contributed by atoms with Gasteiger partial charge in [-0.3, -0.25) is 4.79 Å². The Bertz CT molecular complexity index is 944. The van der Waals surface area contributed by atoms with Crippen molar-refractivity contribution in [3.05, 3.63) is 65.5 Å². The second-order valence-corrected chi connectivity index (χ2v) is 9.12. The molecule has 1 N–H and O–H groups in total. The fraction of sp³-hybridized carbons (Fsp3) is 0.391. The second kappa shape index (κ2) is 8.68. The van der Waals surface area contributed by atoms with Crippen LogP contribution in [0.1, 0.15) is 35.7 Å². The zero-order chi connectivity index (χ0) is 21.1. The molecular formula is C23H26FN3O2S. The van der Waals surface area contributed by atoms with Crippen molar-refractivity contribution in [3.63, 3.8) is 0 Å². The molecule has 30 heavy (non-hydrogen) atoms. The van der Waals surface area contributed by atoms with Crippen molar-refractivity contribution >= 4 is 29.4 Å². The topological polar surface area (TPSA) is 52.7 Å². The third-order valence-corrected chi connectivity index (χ3v) is 7.55. The number of urea groups is 1. The molecule has 0 aliphatic carbocycles. The van der Waals surface area contributed by atoms with Gasteiger partial charge in [0.1, 0.15) is 5.82 Å². The number of rotatable bonds is 3. The van der Waals surface area contributed by atoms with Crippen molar-refractivity contribution in [2.75, 3.05) is 30.7 Å². The van der Waals surface area contributed by atoms with Crippen LogP contribution in [0.2, 0.25) is 0 Å². The van der Waals surface area contributed by atoms with Gasteiger partial charge in [-0.05, 0) is 43.0 Å². The maximum atomic E-state index is 14.2. The van der Waals surface area contributed by atoms with Gasteiger partial charge in [-0.2, -0.15) is 0 Å². The van der Waals surface area contributed by atoms with Crippen molar-refractivity contribution in [3.8, 4) is 0 Å². The normalized spacial score (nSPS) is 17.9. The molecule has 0 aromatic heterocycles. The van der Waals surface area contributed by atoms with E-state index < -0.39 is 5.82 Å². The van der Waals surface area contributed by atoms with E-state index in [1.807, 2.05) is 34.1 Å². The Labute approximate surface area is 180 Å².